The Kier molecular flexibility index (Phi) is 4.22. The summed E-state index contributed by atoms with van der Waals surface area (Å²) in [6.07, 6.45) is 0. The molecular formula is C14H13ClFNOS. The summed E-state index contributed by atoms with van der Waals surface area (Å²) in [7, 11) is -1.26. The van der Waals surface area contributed by atoms with Gasteiger partial charge in [0, 0.05) is 10.6 Å². The summed E-state index contributed by atoms with van der Waals surface area (Å²) in [4.78, 5) is 0.676. The van der Waals surface area contributed by atoms with Crippen molar-refractivity contribution in [1.29, 1.82) is 0 Å². The topological polar surface area (TPSA) is 43.1 Å². The van der Waals surface area contributed by atoms with Gasteiger partial charge in [-0.2, -0.15) is 0 Å². The van der Waals surface area contributed by atoms with E-state index in [1.807, 2.05) is 13.0 Å². The summed E-state index contributed by atoms with van der Waals surface area (Å²) in [5.41, 5.74) is 7.80. The molecule has 0 heterocycles. The normalized spacial score (nSPS) is 12.4. The van der Waals surface area contributed by atoms with Gasteiger partial charge in [0.25, 0.3) is 0 Å². The second-order valence-corrected chi connectivity index (χ2v) is 6.09. The smallest absolute Gasteiger partial charge is 0.142 e. The van der Waals surface area contributed by atoms with Crippen molar-refractivity contribution in [2.24, 2.45) is 0 Å². The van der Waals surface area contributed by atoms with E-state index in [0.717, 1.165) is 5.56 Å². The highest BCUT2D eigenvalue weighted by Gasteiger charge is 2.10. The minimum Gasteiger partial charge on any atom is -0.399 e. The Morgan fingerprint density at radius 3 is 2.68 bits per heavy atom. The van der Waals surface area contributed by atoms with Crippen LogP contribution in [0.2, 0.25) is 5.02 Å². The number of rotatable bonds is 3. The Hall–Kier alpha value is -1.39. The van der Waals surface area contributed by atoms with E-state index in [4.69, 9.17) is 17.3 Å². The Morgan fingerprint density at radius 1 is 1.26 bits per heavy atom. The second-order valence-electron chi connectivity index (χ2n) is 4.26. The molecule has 0 bridgehead atoms. The van der Waals surface area contributed by atoms with Crippen molar-refractivity contribution in [2.45, 2.75) is 17.6 Å². The third kappa shape index (κ3) is 3.33. The van der Waals surface area contributed by atoms with Crippen LogP contribution in [0.5, 0.6) is 0 Å². The number of nitrogens with two attached hydrogens (primary N) is 1. The van der Waals surface area contributed by atoms with E-state index in [9.17, 15) is 8.60 Å². The first kappa shape index (κ1) is 14.0. The average molecular weight is 298 g/mol. The number of hydrogen-bond acceptors (Lipinski definition) is 2. The molecule has 2 aromatic carbocycles. The molecule has 1 atom stereocenters. The molecule has 0 fully saturated rings. The zero-order valence-corrected chi connectivity index (χ0v) is 11.9. The van der Waals surface area contributed by atoms with Crippen LogP contribution in [0.3, 0.4) is 0 Å². The molecule has 0 aliphatic rings. The van der Waals surface area contributed by atoms with Gasteiger partial charge in [0.2, 0.25) is 0 Å². The van der Waals surface area contributed by atoms with Crippen LogP contribution in [0.15, 0.2) is 41.3 Å². The molecule has 0 spiro atoms. The first-order valence-electron chi connectivity index (χ1n) is 5.66. The highest BCUT2D eigenvalue weighted by atomic mass is 35.5. The molecule has 0 saturated heterocycles. The van der Waals surface area contributed by atoms with Crippen LogP contribution in [0.25, 0.3) is 0 Å². The zero-order valence-electron chi connectivity index (χ0n) is 10.3. The molecule has 2 rings (SSSR count). The molecule has 0 aromatic heterocycles. The van der Waals surface area contributed by atoms with Gasteiger partial charge in [-0.05, 0) is 42.3 Å². The van der Waals surface area contributed by atoms with Crippen LogP contribution < -0.4 is 5.73 Å². The summed E-state index contributed by atoms with van der Waals surface area (Å²) in [5.74, 6) is -0.265. The molecule has 0 aliphatic carbocycles. The van der Waals surface area contributed by atoms with Crippen molar-refractivity contribution in [1.82, 2.24) is 0 Å². The van der Waals surface area contributed by atoms with Gasteiger partial charge in [-0.25, -0.2) is 4.39 Å². The quantitative estimate of drug-likeness (QED) is 0.878. The number of benzene rings is 2. The van der Waals surface area contributed by atoms with Crippen LogP contribution in [-0.2, 0) is 16.6 Å². The van der Waals surface area contributed by atoms with Gasteiger partial charge in [-0.15, -0.1) is 0 Å². The molecule has 100 valence electrons. The second kappa shape index (κ2) is 5.72. The summed E-state index contributed by atoms with van der Waals surface area (Å²) in [6, 6.07) is 9.73. The number of anilines is 1. The Bertz CT molecular complexity index is 645. The number of halogens is 2. The third-order valence-electron chi connectivity index (χ3n) is 2.74. The minimum absolute atomic E-state index is 0.0645. The highest BCUT2D eigenvalue weighted by Crippen LogP contribution is 2.21. The lowest BCUT2D eigenvalue weighted by Gasteiger charge is -2.07. The molecule has 19 heavy (non-hydrogen) atoms. The first-order chi connectivity index (χ1) is 8.97. The van der Waals surface area contributed by atoms with E-state index in [0.29, 0.717) is 16.1 Å². The van der Waals surface area contributed by atoms with Crippen molar-refractivity contribution in [3.63, 3.8) is 0 Å². The first-order valence-corrected chi connectivity index (χ1v) is 7.35. The maximum absolute atomic E-state index is 13.3. The Labute approximate surface area is 118 Å². The van der Waals surface area contributed by atoms with Gasteiger partial charge in [0.15, 0.2) is 0 Å². The maximum Gasteiger partial charge on any atom is 0.142 e. The summed E-state index contributed by atoms with van der Waals surface area (Å²) in [6.45, 7) is 1.87. The fraction of sp³-hybridized carbons (Fsp3) is 0.143. The van der Waals surface area contributed by atoms with E-state index >= 15 is 0 Å². The lowest BCUT2D eigenvalue weighted by molar-refractivity contribution is 0.626. The predicted molar refractivity (Wildman–Crippen MR) is 77.1 cm³/mol. The van der Waals surface area contributed by atoms with Crippen molar-refractivity contribution in [3.05, 3.63) is 58.4 Å². The van der Waals surface area contributed by atoms with Crippen LogP contribution in [0.1, 0.15) is 11.1 Å². The molecule has 0 radical (unpaired) electrons. The van der Waals surface area contributed by atoms with Gasteiger partial charge < -0.3 is 5.73 Å². The van der Waals surface area contributed by atoms with Crippen molar-refractivity contribution in [2.75, 3.05) is 5.73 Å². The molecule has 2 nitrogen and oxygen atoms in total. The van der Waals surface area contributed by atoms with Crippen molar-refractivity contribution in [3.8, 4) is 0 Å². The van der Waals surface area contributed by atoms with E-state index < -0.39 is 16.6 Å². The molecule has 5 heteroatoms. The fourth-order valence-electron chi connectivity index (χ4n) is 1.72. The van der Waals surface area contributed by atoms with Crippen molar-refractivity contribution >= 4 is 28.1 Å². The number of nitrogen functional groups attached to an aromatic ring is 1. The maximum atomic E-state index is 13.3. The molecule has 0 aliphatic heterocycles. The van der Waals surface area contributed by atoms with Gasteiger partial charge >= 0.3 is 0 Å². The Balaban J connectivity index is 2.25. The van der Waals surface area contributed by atoms with Gasteiger partial charge in [-0.1, -0.05) is 23.7 Å². The molecular weight excluding hydrogens is 285 g/mol. The monoisotopic (exact) mass is 297 g/mol. The van der Waals surface area contributed by atoms with Gasteiger partial charge in [0.05, 0.1) is 21.6 Å². The summed E-state index contributed by atoms with van der Waals surface area (Å²) < 4.78 is 25.6. The lowest BCUT2D eigenvalue weighted by atomic mass is 10.2. The summed E-state index contributed by atoms with van der Waals surface area (Å²) >= 11 is 5.61. The van der Waals surface area contributed by atoms with E-state index in [1.54, 1.807) is 18.2 Å². The van der Waals surface area contributed by atoms with E-state index in [2.05, 4.69) is 0 Å². The fourth-order valence-corrected chi connectivity index (χ4v) is 3.17. The van der Waals surface area contributed by atoms with Crippen molar-refractivity contribution < 1.29 is 8.60 Å². The van der Waals surface area contributed by atoms with Crippen LogP contribution in [0.4, 0.5) is 10.1 Å². The standard InChI is InChI=1S/C14H13ClFNOS/c1-9-2-4-11(17)7-14(9)19(18)8-10-3-5-12(15)13(16)6-10/h2-7H,8,17H2,1H3. The predicted octanol–water partition coefficient (Wildman–Crippen LogP) is 3.68. The van der Waals surface area contributed by atoms with Gasteiger partial charge in [-0.3, -0.25) is 4.21 Å². The molecule has 2 aromatic rings. The summed E-state index contributed by atoms with van der Waals surface area (Å²) in [5, 5.41) is 0.0645. The minimum atomic E-state index is -1.26. The van der Waals surface area contributed by atoms with E-state index in [1.165, 1.54) is 12.1 Å². The molecule has 2 N–H and O–H groups in total. The molecule has 0 saturated carbocycles. The van der Waals surface area contributed by atoms with Gasteiger partial charge in [0.1, 0.15) is 5.82 Å². The van der Waals surface area contributed by atoms with Crippen LogP contribution in [-0.4, -0.2) is 4.21 Å². The molecule has 1 unspecified atom stereocenters. The number of aryl methyl sites for hydroxylation is 1. The van der Waals surface area contributed by atoms with E-state index in [-0.39, 0.29) is 10.8 Å². The largest absolute Gasteiger partial charge is 0.399 e. The highest BCUT2D eigenvalue weighted by molar-refractivity contribution is 7.84. The zero-order chi connectivity index (χ0) is 14.0. The third-order valence-corrected chi connectivity index (χ3v) is 4.57. The Morgan fingerprint density at radius 2 is 2.00 bits per heavy atom. The molecule has 0 amide bonds. The van der Waals surface area contributed by atoms with Crippen LogP contribution >= 0.6 is 11.6 Å². The number of hydrogen-bond donors (Lipinski definition) is 1. The lowest BCUT2D eigenvalue weighted by Crippen LogP contribution is -2.00. The average Bonchev–Trinajstić information content (AvgIpc) is 2.36. The SMILES string of the molecule is Cc1ccc(N)cc1S(=O)Cc1ccc(Cl)c(F)c1. The van der Waals surface area contributed by atoms with Crippen LogP contribution in [0, 0.1) is 12.7 Å².